The minimum Gasteiger partial charge on any atom is -0.405 e. The first-order valence-electron chi connectivity index (χ1n) is 6.30. The van der Waals surface area contributed by atoms with E-state index in [1.165, 1.54) is 18.2 Å². The fraction of sp³-hybridized carbons (Fsp3) is 0.125. The van der Waals surface area contributed by atoms with E-state index in [4.69, 9.17) is 0 Å². The zero-order valence-electron chi connectivity index (χ0n) is 11.5. The zero-order valence-corrected chi connectivity index (χ0v) is 11.5. The van der Waals surface area contributed by atoms with E-state index in [9.17, 15) is 26.3 Å². The van der Waals surface area contributed by atoms with E-state index in [-0.39, 0.29) is 11.1 Å². The molecule has 0 unspecified atom stereocenters. The van der Waals surface area contributed by atoms with Crippen molar-refractivity contribution in [2.45, 2.75) is 12.5 Å². The highest BCUT2D eigenvalue weighted by molar-refractivity contribution is 5.73. The van der Waals surface area contributed by atoms with Crippen LogP contribution in [-0.2, 0) is 6.18 Å². The molecular formula is C16H10F6O. The number of ether oxygens (including phenoxy) is 1. The van der Waals surface area contributed by atoms with E-state index in [0.29, 0.717) is 5.56 Å². The summed E-state index contributed by atoms with van der Waals surface area (Å²) in [5, 5.41) is 0. The molecule has 0 heterocycles. The highest BCUT2D eigenvalue weighted by Crippen LogP contribution is 2.36. The third-order valence-electron chi connectivity index (χ3n) is 2.99. The number of hydrogen-bond donors (Lipinski definition) is 0. The van der Waals surface area contributed by atoms with Crippen molar-refractivity contribution in [3.63, 3.8) is 0 Å². The first kappa shape index (κ1) is 16.9. The summed E-state index contributed by atoms with van der Waals surface area (Å²) in [6.45, 7) is 3.50. The summed E-state index contributed by atoms with van der Waals surface area (Å²) in [6.07, 6.45) is -8.02. The average molecular weight is 332 g/mol. The Labute approximate surface area is 127 Å². The van der Waals surface area contributed by atoms with Gasteiger partial charge in [0.1, 0.15) is 5.75 Å². The van der Waals surface area contributed by atoms with Crippen LogP contribution in [0.2, 0.25) is 0 Å². The zero-order chi connectivity index (χ0) is 17.3. The molecule has 2 aromatic carbocycles. The lowest BCUT2D eigenvalue weighted by Crippen LogP contribution is -2.17. The maximum Gasteiger partial charge on any atom is 0.573 e. The molecule has 1 nitrogen and oxygen atoms in total. The van der Waals surface area contributed by atoms with E-state index >= 15 is 0 Å². The molecule has 0 aliphatic heterocycles. The average Bonchev–Trinajstić information content (AvgIpc) is 2.45. The van der Waals surface area contributed by atoms with Crippen molar-refractivity contribution < 1.29 is 31.1 Å². The lowest BCUT2D eigenvalue weighted by molar-refractivity contribution is -0.274. The van der Waals surface area contributed by atoms with Gasteiger partial charge in [-0.3, -0.25) is 0 Å². The summed E-state index contributed by atoms with van der Waals surface area (Å²) in [5.41, 5.74) is -0.191. The molecule has 2 aromatic rings. The summed E-state index contributed by atoms with van der Waals surface area (Å²) in [6, 6.07) is 7.60. The van der Waals surface area contributed by atoms with E-state index in [0.717, 1.165) is 30.3 Å². The molecular weight excluding hydrogens is 322 g/mol. The molecule has 0 radical (unpaired) electrons. The molecule has 0 bridgehead atoms. The highest BCUT2D eigenvalue weighted by atomic mass is 19.4. The van der Waals surface area contributed by atoms with Gasteiger partial charge in [0.25, 0.3) is 0 Å². The Morgan fingerprint density at radius 2 is 1.48 bits per heavy atom. The van der Waals surface area contributed by atoms with Crippen molar-refractivity contribution in [2.24, 2.45) is 0 Å². The van der Waals surface area contributed by atoms with Gasteiger partial charge in [0.05, 0.1) is 5.56 Å². The number of halogens is 6. The van der Waals surface area contributed by atoms with Crippen molar-refractivity contribution in [3.05, 3.63) is 60.2 Å². The number of hydrogen-bond acceptors (Lipinski definition) is 1. The van der Waals surface area contributed by atoms with Crippen LogP contribution in [0, 0.1) is 0 Å². The quantitative estimate of drug-likeness (QED) is 0.635. The van der Waals surface area contributed by atoms with Crippen LogP contribution in [0.1, 0.15) is 11.1 Å². The third-order valence-corrected chi connectivity index (χ3v) is 2.99. The van der Waals surface area contributed by atoms with Crippen LogP contribution < -0.4 is 4.74 Å². The van der Waals surface area contributed by atoms with Crippen LogP contribution in [0.3, 0.4) is 0 Å². The smallest absolute Gasteiger partial charge is 0.405 e. The minimum atomic E-state index is -4.91. The van der Waals surface area contributed by atoms with Gasteiger partial charge in [0.2, 0.25) is 0 Å². The summed E-state index contributed by atoms with van der Waals surface area (Å²) < 4.78 is 78.9. The Kier molecular flexibility index (Phi) is 4.40. The molecule has 0 saturated carbocycles. The molecule has 0 atom stereocenters. The van der Waals surface area contributed by atoms with E-state index in [2.05, 4.69) is 11.3 Å². The molecule has 0 spiro atoms. The molecule has 23 heavy (non-hydrogen) atoms. The van der Waals surface area contributed by atoms with Gasteiger partial charge in [-0.1, -0.05) is 30.9 Å². The van der Waals surface area contributed by atoms with Crippen molar-refractivity contribution in [1.29, 1.82) is 0 Å². The lowest BCUT2D eigenvalue weighted by Gasteiger charge is -2.15. The third kappa shape index (κ3) is 4.28. The molecule has 0 N–H and O–H groups in total. The number of rotatable bonds is 3. The minimum absolute atomic E-state index is 0.0217. The van der Waals surface area contributed by atoms with E-state index in [1.807, 2.05) is 0 Å². The summed E-state index contributed by atoms with van der Waals surface area (Å²) in [5.74, 6) is -0.497. The SMILES string of the molecule is C=Cc1ccc(OC(F)(F)F)c(-c2ccc(C(F)(F)F)cc2)c1. The maximum absolute atomic E-state index is 12.6. The Morgan fingerprint density at radius 3 is 1.96 bits per heavy atom. The monoisotopic (exact) mass is 332 g/mol. The van der Waals surface area contributed by atoms with Crippen molar-refractivity contribution >= 4 is 6.08 Å². The van der Waals surface area contributed by atoms with Crippen LogP contribution >= 0.6 is 0 Å². The molecule has 7 heteroatoms. The maximum atomic E-state index is 12.6. The van der Waals surface area contributed by atoms with Crippen LogP contribution in [0.15, 0.2) is 49.0 Å². The summed E-state index contributed by atoms with van der Waals surface area (Å²) in [4.78, 5) is 0. The molecule has 0 fully saturated rings. The fourth-order valence-electron chi connectivity index (χ4n) is 1.95. The van der Waals surface area contributed by atoms with Crippen LogP contribution in [0.4, 0.5) is 26.3 Å². The Hall–Kier alpha value is -2.44. The molecule has 0 aromatic heterocycles. The standard InChI is InChI=1S/C16H10F6O/c1-2-10-3-8-14(23-16(20,21)22)13(9-10)11-4-6-12(7-5-11)15(17,18)19/h2-9H,1H2. The lowest BCUT2D eigenvalue weighted by atomic mass is 10.0. The Morgan fingerprint density at radius 1 is 0.870 bits per heavy atom. The number of alkyl halides is 6. The van der Waals surface area contributed by atoms with Gasteiger partial charge in [-0.25, -0.2) is 0 Å². The largest absolute Gasteiger partial charge is 0.573 e. The van der Waals surface area contributed by atoms with Crippen LogP contribution in [0.25, 0.3) is 17.2 Å². The first-order chi connectivity index (χ1) is 10.6. The van der Waals surface area contributed by atoms with Gasteiger partial charge in [-0.05, 0) is 35.4 Å². The van der Waals surface area contributed by atoms with Crippen LogP contribution in [-0.4, -0.2) is 6.36 Å². The second-order valence-corrected chi connectivity index (χ2v) is 4.58. The molecule has 122 valence electrons. The highest BCUT2D eigenvalue weighted by Gasteiger charge is 2.33. The van der Waals surface area contributed by atoms with Crippen molar-refractivity contribution in [3.8, 4) is 16.9 Å². The molecule has 2 rings (SSSR count). The van der Waals surface area contributed by atoms with Gasteiger partial charge >= 0.3 is 12.5 Å². The molecule has 0 aliphatic carbocycles. The Balaban J connectivity index is 2.49. The van der Waals surface area contributed by atoms with Gasteiger partial charge in [0, 0.05) is 5.56 Å². The topological polar surface area (TPSA) is 9.23 Å². The normalized spacial score (nSPS) is 12.1. The molecule has 0 saturated heterocycles. The molecule has 0 amide bonds. The predicted octanol–water partition coefficient (Wildman–Crippen LogP) is 5.91. The van der Waals surface area contributed by atoms with Crippen molar-refractivity contribution in [1.82, 2.24) is 0 Å². The Bertz CT molecular complexity index is 698. The van der Waals surface area contributed by atoms with Gasteiger partial charge in [-0.2, -0.15) is 13.2 Å². The summed E-state index contributed by atoms with van der Waals surface area (Å²) in [7, 11) is 0. The van der Waals surface area contributed by atoms with Crippen molar-refractivity contribution in [2.75, 3.05) is 0 Å². The van der Waals surface area contributed by atoms with Gasteiger partial charge in [0.15, 0.2) is 0 Å². The van der Waals surface area contributed by atoms with E-state index < -0.39 is 23.9 Å². The first-order valence-corrected chi connectivity index (χ1v) is 6.30. The van der Waals surface area contributed by atoms with Crippen LogP contribution in [0.5, 0.6) is 5.75 Å². The van der Waals surface area contributed by atoms with Gasteiger partial charge in [-0.15, -0.1) is 13.2 Å². The van der Waals surface area contributed by atoms with Gasteiger partial charge < -0.3 is 4.74 Å². The van der Waals surface area contributed by atoms with E-state index in [1.54, 1.807) is 0 Å². The second-order valence-electron chi connectivity index (χ2n) is 4.58. The second kappa shape index (κ2) is 5.98. The number of benzene rings is 2. The predicted molar refractivity (Wildman–Crippen MR) is 73.7 cm³/mol. The summed E-state index contributed by atoms with van der Waals surface area (Å²) >= 11 is 0. The fourth-order valence-corrected chi connectivity index (χ4v) is 1.95. The molecule has 0 aliphatic rings.